The van der Waals surface area contributed by atoms with Gasteiger partial charge in [0.15, 0.2) is 0 Å². The molecule has 1 rings (SSSR count). The summed E-state index contributed by atoms with van der Waals surface area (Å²) >= 11 is 0. The fourth-order valence-electron chi connectivity index (χ4n) is 1.95. The number of halogens is 1. The van der Waals surface area contributed by atoms with Crippen LogP contribution in [0.3, 0.4) is 0 Å². The number of rotatable bonds is 7. The molecule has 0 fully saturated rings. The van der Waals surface area contributed by atoms with Gasteiger partial charge in [0, 0.05) is 13.1 Å². The Bertz CT molecular complexity index is 560. The molecule has 0 heterocycles. The van der Waals surface area contributed by atoms with Gasteiger partial charge in [0.2, 0.25) is 0 Å². The van der Waals surface area contributed by atoms with Gasteiger partial charge in [-0.3, -0.25) is 10.1 Å². The average molecular weight is 296 g/mol. The van der Waals surface area contributed by atoms with E-state index in [1.807, 2.05) is 6.92 Å². The summed E-state index contributed by atoms with van der Waals surface area (Å²) in [5.74, 6) is -1.86. The monoisotopic (exact) mass is 296 g/mol. The van der Waals surface area contributed by atoms with Crippen molar-refractivity contribution in [2.75, 3.05) is 25.1 Å². The van der Waals surface area contributed by atoms with Crippen LogP contribution in [0, 0.1) is 15.9 Å². The zero-order chi connectivity index (χ0) is 16.0. The van der Waals surface area contributed by atoms with Crippen molar-refractivity contribution in [3.05, 3.63) is 46.3 Å². The van der Waals surface area contributed by atoms with Gasteiger partial charge in [0.05, 0.1) is 23.7 Å². The van der Waals surface area contributed by atoms with Crippen molar-refractivity contribution in [3.8, 4) is 0 Å². The number of nitro groups is 1. The number of methoxy groups -OCH3 is 1. The van der Waals surface area contributed by atoms with Gasteiger partial charge in [0.1, 0.15) is 11.5 Å². The Morgan fingerprint density at radius 2 is 2.24 bits per heavy atom. The molecule has 0 aliphatic carbocycles. The van der Waals surface area contributed by atoms with Crippen molar-refractivity contribution in [3.63, 3.8) is 0 Å². The molecule has 21 heavy (non-hydrogen) atoms. The number of carbonyl (C=O) groups is 1. The third kappa shape index (κ3) is 3.77. The quantitative estimate of drug-likeness (QED) is 0.335. The summed E-state index contributed by atoms with van der Waals surface area (Å²) < 4.78 is 18.3. The number of ether oxygens (including phenoxy) is 1. The normalized spacial score (nSPS) is 10.0. The van der Waals surface area contributed by atoms with Crippen molar-refractivity contribution < 1.29 is 18.8 Å². The Kier molecular flexibility index (Phi) is 5.83. The smallest absolute Gasteiger partial charge is 0.340 e. The first kappa shape index (κ1) is 16.6. The van der Waals surface area contributed by atoms with E-state index in [1.54, 1.807) is 11.0 Å². The number of hydrogen-bond acceptors (Lipinski definition) is 5. The maximum atomic E-state index is 13.8. The van der Waals surface area contributed by atoms with Crippen LogP contribution in [0.25, 0.3) is 0 Å². The van der Waals surface area contributed by atoms with Gasteiger partial charge in [-0.15, -0.1) is 6.58 Å². The molecule has 0 amide bonds. The SMILES string of the molecule is C=CCN(CCC)c1cc(C(=O)OC)c(F)cc1[N+](=O)[O-]. The van der Waals surface area contributed by atoms with Crippen LogP contribution in [0.5, 0.6) is 0 Å². The standard InChI is InChI=1S/C14H17FN2O4/c1-4-6-16(7-5-2)12-8-10(14(18)21-3)11(15)9-13(12)17(19)20/h4,8-9H,1,5-7H2,2-3H3. The Morgan fingerprint density at radius 1 is 1.57 bits per heavy atom. The topological polar surface area (TPSA) is 72.7 Å². The highest BCUT2D eigenvalue weighted by Gasteiger charge is 2.25. The lowest BCUT2D eigenvalue weighted by Gasteiger charge is -2.23. The third-order valence-corrected chi connectivity index (χ3v) is 2.85. The molecule has 0 aliphatic rings. The minimum atomic E-state index is -0.979. The molecule has 6 nitrogen and oxygen atoms in total. The van der Waals surface area contributed by atoms with Crippen LogP contribution >= 0.6 is 0 Å². The lowest BCUT2D eigenvalue weighted by molar-refractivity contribution is -0.384. The molecule has 0 aliphatic heterocycles. The van der Waals surface area contributed by atoms with E-state index in [9.17, 15) is 19.3 Å². The van der Waals surface area contributed by atoms with Crippen LogP contribution in [-0.4, -0.2) is 31.1 Å². The second kappa shape index (κ2) is 7.37. The van der Waals surface area contributed by atoms with Gasteiger partial charge in [-0.05, 0) is 12.5 Å². The van der Waals surface area contributed by atoms with E-state index in [0.29, 0.717) is 13.1 Å². The van der Waals surface area contributed by atoms with Crippen molar-refractivity contribution in [2.24, 2.45) is 0 Å². The van der Waals surface area contributed by atoms with Crippen LogP contribution in [0.15, 0.2) is 24.8 Å². The molecular weight excluding hydrogens is 279 g/mol. The van der Waals surface area contributed by atoms with Gasteiger partial charge in [-0.2, -0.15) is 0 Å². The minimum absolute atomic E-state index is 0.170. The zero-order valence-corrected chi connectivity index (χ0v) is 12.0. The number of nitro benzene ring substituents is 1. The largest absolute Gasteiger partial charge is 0.465 e. The number of hydrogen-bond donors (Lipinski definition) is 0. The van der Waals surface area contributed by atoms with Crippen molar-refractivity contribution in [1.29, 1.82) is 0 Å². The molecule has 0 saturated heterocycles. The zero-order valence-electron chi connectivity index (χ0n) is 12.0. The van der Waals surface area contributed by atoms with E-state index in [2.05, 4.69) is 11.3 Å². The van der Waals surface area contributed by atoms with E-state index >= 15 is 0 Å². The van der Waals surface area contributed by atoms with Gasteiger partial charge in [0.25, 0.3) is 5.69 Å². The number of benzene rings is 1. The predicted molar refractivity (Wildman–Crippen MR) is 77.1 cm³/mol. The Morgan fingerprint density at radius 3 is 2.71 bits per heavy atom. The second-order valence-corrected chi connectivity index (χ2v) is 4.30. The summed E-state index contributed by atoms with van der Waals surface area (Å²) in [5.41, 5.74) is -0.553. The molecule has 0 spiro atoms. The highest BCUT2D eigenvalue weighted by Crippen LogP contribution is 2.31. The van der Waals surface area contributed by atoms with Crippen LogP contribution in [0.2, 0.25) is 0 Å². The molecule has 0 N–H and O–H groups in total. The van der Waals surface area contributed by atoms with Crippen molar-refractivity contribution in [2.45, 2.75) is 13.3 Å². The molecular formula is C14H17FN2O4. The van der Waals surface area contributed by atoms with Gasteiger partial charge in [-0.1, -0.05) is 13.0 Å². The molecule has 0 atom stereocenters. The van der Waals surface area contributed by atoms with Crippen LogP contribution in [0.1, 0.15) is 23.7 Å². The molecule has 0 radical (unpaired) electrons. The van der Waals surface area contributed by atoms with Crippen molar-refractivity contribution in [1.82, 2.24) is 0 Å². The predicted octanol–water partition coefficient (Wildman–Crippen LogP) is 2.92. The summed E-state index contributed by atoms with van der Waals surface area (Å²) in [6.07, 6.45) is 2.32. The molecule has 7 heteroatoms. The number of anilines is 1. The highest BCUT2D eigenvalue weighted by atomic mass is 19.1. The van der Waals surface area contributed by atoms with E-state index in [0.717, 1.165) is 25.7 Å². The molecule has 0 aromatic heterocycles. The van der Waals surface area contributed by atoms with Gasteiger partial charge >= 0.3 is 5.97 Å². The maximum absolute atomic E-state index is 13.8. The minimum Gasteiger partial charge on any atom is -0.465 e. The van der Waals surface area contributed by atoms with E-state index < -0.39 is 22.4 Å². The molecule has 1 aromatic carbocycles. The number of nitrogens with zero attached hydrogens (tertiary/aromatic N) is 2. The van der Waals surface area contributed by atoms with Crippen LogP contribution < -0.4 is 4.90 Å². The first-order valence-corrected chi connectivity index (χ1v) is 6.38. The third-order valence-electron chi connectivity index (χ3n) is 2.85. The van der Waals surface area contributed by atoms with Crippen LogP contribution in [0.4, 0.5) is 15.8 Å². The van der Waals surface area contributed by atoms with Gasteiger partial charge < -0.3 is 9.64 Å². The Balaban J connectivity index is 3.46. The molecule has 1 aromatic rings. The summed E-state index contributed by atoms with van der Waals surface area (Å²) in [4.78, 5) is 23.6. The lowest BCUT2D eigenvalue weighted by Crippen LogP contribution is -2.25. The summed E-state index contributed by atoms with van der Waals surface area (Å²) in [6.45, 7) is 6.37. The summed E-state index contributed by atoms with van der Waals surface area (Å²) in [6, 6.07) is 1.89. The van der Waals surface area contributed by atoms with E-state index in [-0.39, 0.29) is 11.3 Å². The Labute approximate surface area is 122 Å². The van der Waals surface area contributed by atoms with Gasteiger partial charge in [-0.25, -0.2) is 9.18 Å². The Hall–Kier alpha value is -2.44. The second-order valence-electron chi connectivity index (χ2n) is 4.30. The maximum Gasteiger partial charge on any atom is 0.340 e. The first-order chi connectivity index (χ1) is 9.96. The van der Waals surface area contributed by atoms with Crippen LogP contribution in [-0.2, 0) is 4.74 Å². The molecule has 0 unspecified atom stereocenters. The fourth-order valence-corrected chi connectivity index (χ4v) is 1.95. The summed E-state index contributed by atoms with van der Waals surface area (Å²) in [5, 5.41) is 11.1. The van der Waals surface area contributed by atoms with E-state index in [4.69, 9.17) is 0 Å². The number of carbonyl (C=O) groups excluding carboxylic acids is 1. The summed E-state index contributed by atoms with van der Waals surface area (Å²) in [7, 11) is 1.12. The molecule has 0 bridgehead atoms. The molecule has 0 saturated carbocycles. The fraction of sp³-hybridized carbons (Fsp3) is 0.357. The lowest BCUT2D eigenvalue weighted by atomic mass is 10.1. The van der Waals surface area contributed by atoms with E-state index in [1.165, 1.54) is 0 Å². The average Bonchev–Trinajstić information content (AvgIpc) is 2.46. The first-order valence-electron chi connectivity index (χ1n) is 6.38. The number of esters is 1. The molecule has 114 valence electrons. The van der Waals surface area contributed by atoms with Crippen molar-refractivity contribution >= 4 is 17.3 Å². The highest BCUT2D eigenvalue weighted by molar-refractivity contribution is 5.92.